The molecule has 3 rings (SSSR count). The van der Waals surface area contributed by atoms with Gasteiger partial charge in [0.1, 0.15) is 0 Å². The van der Waals surface area contributed by atoms with E-state index in [0.29, 0.717) is 19.0 Å². The fourth-order valence-corrected chi connectivity index (χ4v) is 3.88. The van der Waals surface area contributed by atoms with Crippen LogP contribution in [0.4, 0.5) is 0 Å². The third kappa shape index (κ3) is 5.31. The van der Waals surface area contributed by atoms with Gasteiger partial charge < -0.3 is 10.2 Å². The van der Waals surface area contributed by atoms with Gasteiger partial charge in [-0.15, -0.1) is 0 Å². The predicted octanol–water partition coefficient (Wildman–Crippen LogP) is 2.34. The molecule has 5 heteroatoms. The van der Waals surface area contributed by atoms with Crippen LogP contribution in [0.3, 0.4) is 0 Å². The number of nitrogens with zero attached hydrogens (tertiary/aromatic N) is 2. The van der Waals surface area contributed by atoms with E-state index in [0.717, 1.165) is 57.4 Å². The van der Waals surface area contributed by atoms with Gasteiger partial charge in [0.15, 0.2) is 0 Å². The Bertz CT molecular complexity index is 600. The van der Waals surface area contributed by atoms with Crippen molar-refractivity contribution in [3.8, 4) is 0 Å². The molecule has 0 bridgehead atoms. The highest BCUT2D eigenvalue weighted by Gasteiger charge is 2.29. The van der Waals surface area contributed by atoms with E-state index in [1.165, 1.54) is 12.0 Å². The number of benzene rings is 1. The molecular formula is C21H31N3O2. The molecule has 0 aliphatic carbocycles. The van der Waals surface area contributed by atoms with Crippen LogP contribution in [0.1, 0.15) is 43.2 Å². The van der Waals surface area contributed by atoms with E-state index in [1.807, 2.05) is 12.1 Å². The number of likely N-dealkylation sites (tertiary alicyclic amines) is 2. The molecular weight excluding hydrogens is 326 g/mol. The minimum absolute atomic E-state index is 0.0615. The molecule has 1 aromatic rings. The Hall–Kier alpha value is -1.88. The minimum Gasteiger partial charge on any atom is -0.351 e. The maximum absolute atomic E-state index is 12.6. The molecule has 2 aliphatic heterocycles. The number of carbonyl (C=O) groups is 2. The summed E-state index contributed by atoms with van der Waals surface area (Å²) in [6.07, 6.45) is 5.29. The van der Waals surface area contributed by atoms with E-state index >= 15 is 0 Å². The van der Waals surface area contributed by atoms with Crippen LogP contribution < -0.4 is 5.32 Å². The van der Waals surface area contributed by atoms with Crippen molar-refractivity contribution in [2.45, 2.75) is 45.6 Å². The van der Waals surface area contributed by atoms with Crippen LogP contribution in [0.15, 0.2) is 24.3 Å². The highest BCUT2D eigenvalue weighted by Crippen LogP contribution is 2.21. The topological polar surface area (TPSA) is 52.7 Å². The van der Waals surface area contributed by atoms with E-state index in [-0.39, 0.29) is 11.8 Å². The quantitative estimate of drug-likeness (QED) is 0.880. The summed E-state index contributed by atoms with van der Waals surface area (Å²) >= 11 is 0. The Balaban J connectivity index is 1.37. The van der Waals surface area contributed by atoms with Crippen molar-refractivity contribution in [3.05, 3.63) is 35.4 Å². The maximum atomic E-state index is 12.6. The summed E-state index contributed by atoms with van der Waals surface area (Å²) in [5.74, 6) is 0.555. The third-order valence-corrected chi connectivity index (χ3v) is 5.58. The van der Waals surface area contributed by atoms with Gasteiger partial charge in [0.2, 0.25) is 11.8 Å². The molecule has 2 heterocycles. The fraction of sp³-hybridized carbons (Fsp3) is 0.619. The van der Waals surface area contributed by atoms with Crippen molar-refractivity contribution in [1.82, 2.24) is 15.1 Å². The Labute approximate surface area is 156 Å². The summed E-state index contributed by atoms with van der Waals surface area (Å²) < 4.78 is 0. The lowest BCUT2D eigenvalue weighted by Crippen LogP contribution is -2.46. The largest absolute Gasteiger partial charge is 0.351 e. The molecule has 0 radical (unpaired) electrons. The summed E-state index contributed by atoms with van der Waals surface area (Å²) in [6.45, 7) is 6.59. The molecule has 2 aliphatic rings. The number of hydrogen-bond acceptors (Lipinski definition) is 3. The van der Waals surface area contributed by atoms with Crippen LogP contribution in [0, 0.1) is 12.8 Å². The molecule has 2 fully saturated rings. The van der Waals surface area contributed by atoms with Gasteiger partial charge in [0.05, 0.1) is 6.54 Å². The highest BCUT2D eigenvalue weighted by atomic mass is 16.2. The first-order chi connectivity index (χ1) is 12.6. The van der Waals surface area contributed by atoms with Gasteiger partial charge in [-0.1, -0.05) is 29.8 Å². The van der Waals surface area contributed by atoms with Crippen LogP contribution in [-0.2, 0) is 16.1 Å². The van der Waals surface area contributed by atoms with Crippen molar-refractivity contribution in [3.63, 3.8) is 0 Å². The highest BCUT2D eigenvalue weighted by molar-refractivity contribution is 5.79. The molecule has 0 spiro atoms. The van der Waals surface area contributed by atoms with Crippen molar-refractivity contribution < 1.29 is 9.59 Å². The van der Waals surface area contributed by atoms with E-state index < -0.39 is 0 Å². The van der Waals surface area contributed by atoms with Gasteiger partial charge in [-0.2, -0.15) is 0 Å². The van der Waals surface area contributed by atoms with Gasteiger partial charge in [-0.05, 0) is 57.7 Å². The first-order valence-corrected chi connectivity index (χ1v) is 9.95. The van der Waals surface area contributed by atoms with Crippen LogP contribution in [-0.4, -0.2) is 54.3 Å². The summed E-state index contributed by atoms with van der Waals surface area (Å²) in [5, 5.41) is 3.00. The molecule has 0 aromatic heterocycles. The van der Waals surface area contributed by atoms with Gasteiger partial charge in [0, 0.05) is 25.6 Å². The number of nitrogens with one attached hydrogen (secondary N) is 1. The second-order valence-corrected chi connectivity index (χ2v) is 7.70. The first-order valence-electron chi connectivity index (χ1n) is 9.95. The van der Waals surface area contributed by atoms with Crippen LogP contribution in [0.5, 0.6) is 0 Å². The monoisotopic (exact) mass is 357 g/mol. The fourth-order valence-electron chi connectivity index (χ4n) is 3.88. The standard InChI is InChI=1S/C21H31N3O2/c1-17-5-7-18(8-6-17)15-22-20(25)16-23-13-9-19(10-14-23)21(26)24-11-3-2-4-12-24/h5-8,19H,2-4,9-16H2,1H3,(H,22,25). The van der Waals surface area contributed by atoms with E-state index in [9.17, 15) is 9.59 Å². The first kappa shape index (κ1) is 18.9. The zero-order valence-corrected chi connectivity index (χ0v) is 15.9. The number of amides is 2. The van der Waals surface area contributed by atoms with Crippen molar-refractivity contribution >= 4 is 11.8 Å². The summed E-state index contributed by atoms with van der Waals surface area (Å²) in [7, 11) is 0. The number of carbonyl (C=O) groups excluding carboxylic acids is 2. The molecule has 0 saturated carbocycles. The average Bonchev–Trinajstić information content (AvgIpc) is 2.68. The number of rotatable bonds is 5. The lowest BCUT2D eigenvalue weighted by molar-refractivity contribution is -0.138. The molecule has 142 valence electrons. The lowest BCUT2D eigenvalue weighted by Gasteiger charge is -2.35. The minimum atomic E-state index is 0.0615. The Morgan fingerprint density at radius 2 is 1.65 bits per heavy atom. The molecule has 2 amide bonds. The predicted molar refractivity (Wildman–Crippen MR) is 103 cm³/mol. The molecule has 5 nitrogen and oxygen atoms in total. The van der Waals surface area contributed by atoms with Crippen molar-refractivity contribution in [1.29, 1.82) is 0 Å². The van der Waals surface area contributed by atoms with Gasteiger partial charge >= 0.3 is 0 Å². The third-order valence-electron chi connectivity index (χ3n) is 5.58. The van der Waals surface area contributed by atoms with Crippen molar-refractivity contribution in [2.75, 3.05) is 32.7 Å². The van der Waals surface area contributed by atoms with E-state index in [2.05, 4.69) is 34.2 Å². The Morgan fingerprint density at radius 3 is 2.31 bits per heavy atom. The molecule has 26 heavy (non-hydrogen) atoms. The second-order valence-electron chi connectivity index (χ2n) is 7.70. The van der Waals surface area contributed by atoms with Crippen LogP contribution in [0.25, 0.3) is 0 Å². The second kappa shape index (κ2) is 9.17. The van der Waals surface area contributed by atoms with E-state index in [4.69, 9.17) is 0 Å². The smallest absolute Gasteiger partial charge is 0.234 e. The SMILES string of the molecule is Cc1ccc(CNC(=O)CN2CCC(C(=O)N3CCCCC3)CC2)cc1. The van der Waals surface area contributed by atoms with Crippen LogP contribution in [0.2, 0.25) is 0 Å². The average molecular weight is 357 g/mol. The summed E-state index contributed by atoms with van der Waals surface area (Å²) in [6, 6.07) is 8.22. The summed E-state index contributed by atoms with van der Waals surface area (Å²) in [4.78, 5) is 29.0. The Morgan fingerprint density at radius 1 is 1.00 bits per heavy atom. The van der Waals surface area contributed by atoms with Crippen LogP contribution >= 0.6 is 0 Å². The number of piperidine rings is 2. The van der Waals surface area contributed by atoms with Gasteiger partial charge in [0.25, 0.3) is 0 Å². The van der Waals surface area contributed by atoms with Gasteiger partial charge in [-0.3, -0.25) is 14.5 Å². The molecule has 1 aromatic carbocycles. The molecule has 0 atom stereocenters. The zero-order chi connectivity index (χ0) is 18.4. The summed E-state index contributed by atoms with van der Waals surface area (Å²) in [5.41, 5.74) is 2.34. The normalized spacial score (nSPS) is 19.3. The number of hydrogen-bond donors (Lipinski definition) is 1. The van der Waals surface area contributed by atoms with Gasteiger partial charge in [-0.25, -0.2) is 0 Å². The Kier molecular flexibility index (Phi) is 6.67. The lowest BCUT2D eigenvalue weighted by atomic mass is 9.94. The maximum Gasteiger partial charge on any atom is 0.234 e. The molecule has 2 saturated heterocycles. The van der Waals surface area contributed by atoms with E-state index in [1.54, 1.807) is 0 Å². The van der Waals surface area contributed by atoms with Crippen molar-refractivity contribution in [2.24, 2.45) is 5.92 Å². The molecule has 1 N–H and O–H groups in total. The molecule has 0 unspecified atom stereocenters. The zero-order valence-electron chi connectivity index (χ0n) is 15.9. The number of aryl methyl sites for hydroxylation is 1.